The Bertz CT molecular complexity index is 390. The van der Waals surface area contributed by atoms with Gasteiger partial charge in [-0.25, -0.2) is 0 Å². The van der Waals surface area contributed by atoms with Gasteiger partial charge in [0.25, 0.3) is 0 Å². The second kappa shape index (κ2) is 6.34. The molecule has 18 heavy (non-hydrogen) atoms. The smallest absolute Gasteiger partial charge is 0.316 e. The van der Waals surface area contributed by atoms with Crippen LogP contribution in [0.1, 0.15) is 32.8 Å². The van der Waals surface area contributed by atoms with Gasteiger partial charge in [0.15, 0.2) is 0 Å². The summed E-state index contributed by atoms with van der Waals surface area (Å²) in [6, 6.07) is 9.79. The Morgan fingerprint density at radius 1 is 1.28 bits per heavy atom. The zero-order chi connectivity index (χ0) is 13.6. The van der Waals surface area contributed by atoms with Crippen LogP contribution in [-0.4, -0.2) is 17.9 Å². The van der Waals surface area contributed by atoms with Crippen molar-refractivity contribution in [2.45, 2.75) is 39.2 Å². The molecule has 0 spiro atoms. The number of hydrogen-bond acceptors (Lipinski definition) is 3. The standard InChI is InChI=1S/C15H20O3/c1-15(2,3)18-14(17)13(11-16)10-9-12-7-5-4-6-8-12/h4-8,11,13H,9-10H2,1-3H3. The summed E-state index contributed by atoms with van der Waals surface area (Å²) in [6.45, 7) is 5.39. The van der Waals surface area contributed by atoms with Crippen LogP contribution < -0.4 is 0 Å². The van der Waals surface area contributed by atoms with Gasteiger partial charge in [-0.2, -0.15) is 0 Å². The van der Waals surface area contributed by atoms with Gasteiger partial charge in [-0.1, -0.05) is 30.3 Å². The topological polar surface area (TPSA) is 43.4 Å². The molecular weight excluding hydrogens is 228 g/mol. The zero-order valence-electron chi connectivity index (χ0n) is 11.2. The molecule has 0 aromatic heterocycles. The molecular formula is C15H20O3. The van der Waals surface area contributed by atoms with E-state index in [1.54, 1.807) is 20.8 Å². The van der Waals surface area contributed by atoms with Crippen LogP contribution in [0, 0.1) is 5.92 Å². The van der Waals surface area contributed by atoms with Crippen LogP contribution in [0.25, 0.3) is 0 Å². The van der Waals surface area contributed by atoms with E-state index in [4.69, 9.17) is 4.74 Å². The van der Waals surface area contributed by atoms with Gasteiger partial charge >= 0.3 is 5.97 Å². The minimum Gasteiger partial charge on any atom is -0.459 e. The molecule has 0 aliphatic heterocycles. The maximum absolute atomic E-state index is 11.8. The van der Waals surface area contributed by atoms with Gasteiger partial charge in [0.05, 0.1) is 0 Å². The summed E-state index contributed by atoms with van der Waals surface area (Å²) in [5.74, 6) is -1.11. The van der Waals surface area contributed by atoms with Gasteiger partial charge in [-0.15, -0.1) is 0 Å². The van der Waals surface area contributed by atoms with Crippen LogP contribution in [0.3, 0.4) is 0 Å². The maximum atomic E-state index is 11.8. The maximum Gasteiger partial charge on any atom is 0.316 e. The van der Waals surface area contributed by atoms with Crippen molar-refractivity contribution in [3.63, 3.8) is 0 Å². The summed E-state index contributed by atoms with van der Waals surface area (Å²) in [5.41, 5.74) is 0.568. The molecule has 1 aromatic carbocycles. The van der Waals surface area contributed by atoms with Crippen molar-refractivity contribution >= 4 is 12.3 Å². The summed E-state index contributed by atoms with van der Waals surface area (Å²) in [5, 5.41) is 0. The molecule has 98 valence electrons. The van der Waals surface area contributed by atoms with E-state index < -0.39 is 17.5 Å². The van der Waals surface area contributed by atoms with Gasteiger partial charge in [0, 0.05) is 0 Å². The number of aldehydes is 1. The van der Waals surface area contributed by atoms with E-state index in [1.807, 2.05) is 30.3 Å². The fraction of sp³-hybridized carbons (Fsp3) is 0.467. The first-order valence-corrected chi connectivity index (χ1v) is 6.14. The first-order chi connectivity index (χ1) is 8.42. The number of hydrogen-bond donors (Lipinski definition) is 0. The van der Waals surface area contributed by atoms with Crippen LogP contribution in [-0.2, 0) is 20.7 Å². The molecule has 0 aliphatic carbocycles. The van der Waals surface area contributed by atoms with Gasteiger partial charge in [-0.3, -0.25) is 4.79 Å². The number of rotatable bonds is 5. The summed E-state index contributed by atoms with van der Waals surface area (Å²) in [4.78, 5) is 22.7. The van der Waals surface area contributed by atoms with Crippen LogP contribution >= 0.6 is 0 Å². The molecule has 0 heterocycles. The third-order valence-electron chi connectivity index (χ3n) is 2.46. The van der Waals surface area contributed by atoms with Crippen LogP contribution in [0.15, 0.2) is 30.3 Å². The lowest BCUT2D eigenvalue weighted by Crippen LogP contribution is -2.29. The Labute approximate surface area is 108 Å². The predicted molar refractivity (Wildman–Crippen MR) is 70.2 cm³/mol. The van der Waals surface area contributed by atoms with Crippen molar-refractivity contribution in [3.8, 4) is 0 Å². The van der Waals surface area contributed by atoms with Crippen molar-refractivity contribution in [1.29, 1.82) is 0 Å². The fourth-order valence-corrected chi connectivity index (χ4v) is 1.59. The number of carbonyl (C=O) groups is 2. The second-order valence-corrected chi connectivity index (χ2v) is 5.30. The Morgan fingerprint density at radius 2 is 1.89 bits per heavy atom. The molecule has 0 radical (unpaired) electrons. The molecule has 0 amide bonds. The Morgan fingerprint density at radius 3 is 2.39 bits per heavy atom. The quantitative estimate of drug-likeness (QED) is 0.457. The highest BCUT2D eigenvalue weighted by Crippen LogP contribution is 2.14. The molecule has 0 bridgehead atoms. The summed E-state index contributed by atoms with van der Waals surface area (Å²) < 4.78 is 5.21. The second-order valence-electron chi connectivity index (χ2n) is 5.30. The van der Waals surface area contributed by atoms with Crippen molar-refractivity contribution in [1.82, 2.24) is 0 Å². The normalized spacial score (nSPS) is 12.8. The predicted octanol–water partition coefficient (Wildman–Crippen LogP) is 2.78. The monoisotopic (exact) mass is 248 g/mol. The Hall–Kier alpha value is -1.64. The van der Waals surface area contributed by atoms with Crippen molar-refractivity contribution < 1.29 is 14.3 Å². The number of aryl methyl sites for hydroxylation is 1. The van der Waals surface area contributed by atoms with E-state index in [1.165, 1.54) is 0 Å². The molecule has 3 nitrogen and oxygen atoms in total. The van der Waals surface area contributed by atoms with E-state index in [0.29, 0.717) is 19.1 Å². The van der Waals surface area contributed by atoms with Gasteiger partial charge < -0.3 is 9.53 Å². The summed E-state index contributed by atoms with van der Waals surface area (Å²) in [7, 11) is 0. The number of ether oxygens (including phenoxy) is 1. The molecule has 1 rings (SSSR count). The molecule has 0 aliphatic rings. The summed E-state index contributed by atoms with van der Waals surface area (Å²) in [6.07, 6.45) is 1.86. The van der Waals surface area contributed by atoms with Crippen molar-refractivity contribution in [2.24, 2.45) is 5.92 Å². The van der Waals surface area contributed by atoms with Crippen LogP contribution in [0.2, 0.25) is 0 Å². The lowest BCUT2D eigenvalue weighted by molar-refractivity contribution is -0.160. The highest BCUT2D eigenvalue weighted by molar-refractivity contribution is 5.87. The van der Waals surface area contributed by atoms with Crippen molar-refractivity contribution in [3.05, 3.63) is 35.9 Å². The highest BCUT2D eigenvalue weighted by atomic mass is 16.6. The summed E-state index contributed by atoms with van der Waals surface area (Å²) >= 11 is 0. The van der Waals surface area contributed by atoms with Gasteiger partial charge in [-0.05, 0) is 39.2 Å². The van der Waals surface area contributed by atoms with Gasteiger partial charge in [0.2, 0.25) is 0 Å². The average molecular weight is 248 g/mol. The van der Waals surface area contributed by atoms with Crippen LogP contribution in [0.4, 0.5) is 0 Å². The first kappa shape index (κ1) is 14.4. The lowest BCUT2D eigenvalue weighted by Gasteiger charge is -2.21. The first-order valence-electron chi connectivity index (χ1n) is 6.14. The fourth-order valence-electron chi connectivity index (χ4n) is 1.59. The molecule has 0 saturated carbocycles. The average Bonchev–Trinajstić information content (AvgIpc) is 2.29. The molecule has 1 atom stereocenters. The largest absolute Gasteiger partial charge is 0.459 e. The molecule has 3 heteroatoms. The Balaban J connectivity index is 2.52. The van der Waals surface area contributed by atoms with E-state index in [2.05, 4.69) is 0 Å². The number of benzene rings is 1. The lowest BCUT2D eigenvalue weighted by atomic mass is 10.0. The zero-order valence-corrected chi connectivity index (χ0v) is 11.2. The Kier molecular flexibility index (Phi) is 5.08. The minimum atomic E-state index is -0.676. The van der Waals surface area contributed by atoms with E-state index in [0.717, 1.165) is 5.56 Å². The molecule has 0 fully saturated rings. The number of esters is 1. The molecule has 0 saturated heterocycles. The van der Waals surface area contributed by atoms with E-state index in [-0.39, 0.29) is 0 Å². The van der Waals surface area contributed by atoms with Gasteiger partial charge in [0.1, 0.15) is 17.8 Å². The minimum absolute atomic E-state index is 0.437. The third kappa shape index (κ3) is 5.13. The molecule has 1 unspecified atom stereocenters. The van der Waals surface area contributed by atoms with E-state index >= 15 is 0 Å². The van der Waals surface area contributed by atoms with E-state index in [9.17, 15) is 9.59 Å². The van der Waals surface area contributed by atoms with Crippen LogP contribution in [0.5, 0.6) is 0 Å². The number of carbonyl (C=O) groups excluding carboxylic acids is 2. The highest BCUT2D eigenvalue weighted by Gasteiger charge is 2.24. The molecule has 1 aromatic rings. The SMILES string of the molecule is CC(C)(C)OC(=O)C(C=O)CCc1ccccc1. The molecule has 0 N–H and O–H groups in total. The third-order valence-corrected chi connectivity index (χ3v) is 2.46. The van der Waals surface area contributed by atoms with Crippen molar-refractivity contribution in [2.75, 3.05) is 0 Å².